The Hall–Kier alpha value is -4.35. The second kappa shape index (κ2) is 11.2. The molecule has 3 aromatic carbocycles. The maximum atomic E-state index is 13.5. The first-order chi connectivity index (χ1) is 18.8. The zero-order valence-electron chi connectivity index (χ0n) is 21.2. The molecule has 1 saturated heterocycles. The Morgan fingerprint density at radius 2 is 1.59 bits per heavy atom. The van der Waals surface area contributed by atoms with Gasteiger partial charge in [0.1, 0.15) is 5.82 Å². The molecule has 5 rings (SSSR count). The Morgan fingerprint density at radius 3 is 2.26 bits per heavy atom. The average Bonchev–Trinajstić information content (AvgIpc) is 2.94. The number of nitrogens with one attached hydrogen (secondary N) is 2. The normalized spacial score (nSPS) is 14.2. The fourth-order valence-corrected chi connectivity index (χ4v) is 5.81. The van der Waals surface area contributed by atoms with Crippen LogP contribution in [0.3, 0.4) is 0 Å². The van der Waals surface area contributed by atoms with Gasteiger partial charge in [-0.25, -0.2) is 22.8 Å². The molecule has 0 atom stereocenters. The summed E-state index contributed by atoms with van der Waals surface area (Å²) in [5, 5.41) is 5.96. The minimum Gasteiger partial charge on any atom is -0.369 e. The Bertz CT molecular complexity index is 1570. The molecule has 0 radical (unpaired) electrons. The van der Waals surface area contributed by atoms with Crippen molar-refractivity contribution >= 4 is 38.9 Å². The van der Waals surface area contributed by atoms with Crippen LogP contribution in [0.4, 0.5) is 27.4 Å². The second-order valence-corrected chi connectivity index (χ2v) is 11.0. The first-order valence-electron chi connectivity index (χ1n) is 12.4. The monoisotopic (exact) mass is 546 g/mol. The molecule has 200 valence electrons. The number of hydrogen-bond donors (Lipinski definition) is 2. The molecule has 0 spiro atoms. The van der Waals surface area contributed by atoms with E-state index in [0.29, 0.717) is 37.8 Å². The summed E-state index contributed by atoms with van der Waals surface area (Å²) in [5.41, 5.74) is 4.13. The molecule has 1 aliphatic heterocycles. The molecule has 1 fully saturated rings. The number of rotatable bonds is 7. The van der Waals surface area contributed by atoms with Crippen molar-refractivity contribution in [3.63, 3.8) is 0 Å². The van der Waals surface area contributed by atoms with Gasteiger partial charge < -0.3 is 15.5 Å². The van der Waals surface area contributed by atoms with Crippen molar-refractivity contribution in [2.75, 3.05) is 41.7 Å². The van der Waals surface area contributed by atoms with Gasteiger partial charge >= 0.3 is 0 Å². The maximum absolute atomic E-state index is 13.5. The van der Waals surface area contributed by atoms with E-state index < -0.39 is 15.8 Å². The zero-order valence-corrected chi connectivity index (χ0v) is 22.0. The number of piperazine rings is 1. The highest BCUT2D eigenvalue weighted by Crippen LogP contribution is 2.25. The van der Waals surface area contributed by atoms with Crippen LogP contribution in [0.5, 0.6) is 0 Å². The quantitative estimate of drug-likeness (QED) is 0.352. The van der Waals surface area contributed by atoms with Crippen molar-refractivity contribution in [2.45, 2.75) is 11.8 Å². The van der Waals surface area contributed by atoms with Gasteiger partial charge in [0.15, 0.2) is 0 Å². The van der Waals surface area contributed by atoms with Crippen molar-refractivity contribution in [1.29, 1.82) is 0 Å². The molecule has 0 aliphatic carbocycles. The molecule has 11 heteroatoms. The highest BCUT2D eigenvalue weighted by molar-refractivity contribution is 7.89. The van der Waals surface area contributed by atoms with Crippen molar-refractivity contribution in [1.82, 2.24) is 14.3 Å². The Kier molecular flexibility index (Phi) is 7.53. The van der Waals surface area contributed by atoms with Crippen LogP contribution < -0.4 is 15.5 Å². The number of hydrogen-bond acceptors (Lipinski definition) is 7. The summed E-state index contributed by atoms with van der Waals surface area (Å²) in [6.45, 7) is 3.13. The van der Waals surface area contributed by atoms with E-state index in [9.17, 15) is 17.6 Å². The average molecular weight is 547 g/mol. The number of halogens is 1. The summed E-state index contributed by atoms with van der Waals surface area (Å²) in [6, 6.07) is 22.1. The second-order valence-electron chi connectivity index (χ2n) is 9.04. The molecule has 1 amide bonds. The van der Waals surface area contributed by atoms with Gasteiger partial charge in [-0.15, -0.1) is 0 Å². The lowest BCUT2D eigenvalue weighted by molar-refractivity contribution is -0.114. The SMILES string of the molecule is CC(=O)Nc1ccc(-c2ccnc(Nc3ccc(N4CCN(S(=O)(=O)c5cccc(F)c5)CC4)cc3)n2)cc1. The van der Waals surface area contributed by atoms with Crippen molar-refractivity contribution < 1.29 is 17.6 Å². The molecule has 39 heavy (non-hydrogen) atoms. The number of amides is 1. The molecule has 0 saturated carbocycles. The molecule has 0 unspecified atom stereocenters. The first kappa shape index (κ1) is 26.3. The van der Waals surface area contributed by atoms with E-state index in [2.05, 4.69) is 25.5 Å². The van der Waals surface area contributed by atoms with E-state index >= 15 is 0 Å². The van der Waals surface area contributed by atoms with Crippen LogP contribution in [-0.4, -0.2) is 54.8 Å². The highest BCUT2D eigenvalue weighted by atomic mass is 32.2. The predicted octanol–water partition coefficient (Wildman–Crippen LogP) is 4.50. The van der Waals surface area contributed by atoms with Crippen LogP contribution in [0.15, 0.2) is 90.0 Å². The van der Waals surface area contributed by atoms with Crippen LogP contribution in [0.1, 0.15) is 6.92 Å². The molecular formula is C28H27FN6O3S. The highest BCUT2D eigenvalue weighted by Gasteiger charge is 2.28. The number of sulfonamides is 1. The summed E-state index contributed by atoms with van der Waals surface area (Å²) in [7, 11) is -3.74. The van der Waals surface area contributed by atoms with Gasteiger partial charge in [-0.3, -0.25) is 4.79 Å². The Labute approximate surface area is 226 Å². The van der Waals surface area contributed by atoms with Crippen LogP contribution in [0.2, 0.25) is 0 Å². The lowest BCUT2D eigenvalue weighted by atomic mass is 10.1. The molecule has 0 bridgehead atoms. The largest absolute Gasteiger partial charge is 0.369 e. The standard InChI is InChI=1S/C28H27FN6O3S/c1-20(36)31-23-7-5-21(6-8-23)27-13-14-30-28(33-27)32-24-9-11-25(12-10-24)34-15-17-35(18-16-34)39(37,38)26-4-2-3-22(29)19-26/h2-14,19H,15-18H2,1H3,(H,31,36)(H,30,32,33). The number of carbonyl (C=O) groups is 1. The van der Waals surface area contributed by atoms with Gasteiger partial charge in [0, 0.05) is 61.9 Å². The van der Waals surface area contributed by atoms with Gasteiger partial charge in [-0.05, 0) is 60.7 Å². The molecular weight excluding hydrogens is 519 g/mol. The number of carbonyl (C=O) groups excluding carboxylic acids is 1. The molecule has 9 nitrogen and oxygen atoms in total. The van der Waals surface area contributed by atoms with E-state index in [1.54, 1.807) is 6.20 Å². The zero-order chi connectivity index (χ0) is 27.4. The first-order valence-corrected chi connectivity index (χ1v) is 13.8. The van der Waals surface area contributed by atoms with Gasteiger partial charge in [-0.1, -0.05) is 18.2 Å². The van der Waals surface area contributed by atoms with Crippen LogP contribution >= 0.6 is 0 Å². The molecule has 2 N–H and O–H groups in total. The molecule has 4 aromatic rings. The number of benzene rings is 3. The number of nitrogens with zero attached hydrogens (tertiary/aromatic N) is 4. The van der Waals surface area contributed by atoms with Crippen molar-refractivity contribution in [3.05, 3.63) is 90.9 Å². The molecule has 1 aromatic heterocycles. The summed E-state index contributed by atoms with van der Waals surface area (Å²) in [4.78, 5) is 22.2. The van der Waals surface area contributed by atoms with Crippen LogP contribution in [0.25, 0.3) is 11.3 Å². The van der Waals surface area contributed by atoms with Gasteiger partial charge in [-0.2, -0.15) is 4.31 Å². The third kappa shape index (κ3) is 6.21. The van der Waals surface area contributed by atoms with E-state index in [1.807, 2.05) is 54.6 Å². The summed E-state index contributed by atoms with van der Waals surface area (Å²) >= 11 is 0. The van der Waals surface area contributed by atoms with E-state index in [-0.39, 0.29) is 10.8 Å². The molecule has 1 aliphatic rings. The van der Waals surface area contributed by atoms with Crippen molar-refractivity contribution in [2.24, 2.45) is 0 Å². The van der Waals surface area contributed by atoms with E-state index in [1.165, 1.54) is 29.4 Å². The lowest BCUT2D eigenvalue weighted by Gasteiger charge is -2.35. The number of anilines is 4. The number of aromatic nitrogens is 2. The lowest BCUT2D eigenvalue weighted by Crippen LogP contribution is -2.48. The fourth-order valence-electron chi connectivity index (χ4n) is 4.36. The van der Waals surface area contributed by atoms with E-state index in [0.717, 1.165) is 28.7 Å². The summed E-state index contributed by atoms with van der Waals surface area (Å²) in [5.74, 6) is -0.251. The predicted molar refractivity (Wildman–Crippen MR) is 149 cm³/mol. The minimum atomic E-state index is -3.74. The Balaban J connectivity index is 1.20. The van der Waals surface area contributed by atoms with E-state index in [4.69, 9.17) is 0 Å². The fraction of sp³-hybridized carbons (Fsp3) is 0.179. The third-order valence-corrected chi connectivity index (χ3v) is 8.21. The molecule has 2 heterocycles. The maximum Gasteiger partial charge on any atom is 0.243 e. The Morgan fingerprint density at radius 1 is 0.897 bits per heavy atom. The van der Waals surface area contributed by atoms with Gasteiger partial charge in [0.25, 0.3) is 0 Å². The van der Waals surface area contributed by atoms with Crippen molar-refractivity contribution in [3.8, 4) is 11.3 Å². The summed E-state index contributed by atoms with van der Waals surface area (Å²) < 4.78 is 40.7. The van der Waals surface area contributed by atoms with Gasteiger partial charge in [0.2, 0.25) is 21.9 Å². The smallest absolute Gasteiger partial charge is 0.243 e. The van der Waals surface area contributed by atoms with Gasteiger partial charge in [0.05, 0.1) is 10.6 Å². The third-order valence-electron chi connectivity index (χ3n) is 6.32. The van der Waals surface area contributed by atoms with Crippen LogP contribution in [-0.2, 0) is 14.8 Å². The topological polar surface area (TPSA) is 108 Å². The van der Waals surface area contributed by atoms with Crippen LogP contribution in [0, 0.1) is 5.82 Å². The summed E-state index contributed by atoms with van der Waals surface area (Å²) in [6.07, 6.45) is 1.68. The minimum absolute atomic E-state index is 0.0281.